The molecule has 2 saturated heterocycles. The molecule has 9 heteroatoms. The smallest absolute Gasteiger partial charge is 0.246 e. The van der Waals surface area contributed by atoms with E-state index in [1.54, 1.807) is 36.3 Å². The van der Waals surface area contributed by atoms with Gasteiger partial charge in [-0.05, 0) is 56.4 Å². The van der Waals surface area contributed by atoms with E-state index >= 15 is 0 Å². The topological polar surface area (TPSA) is 106 Å². The van der Waals surface area contributed by atoms with Crippen LogP contribution in [0.4, 0.5) is 5.69 Å². The third kappa shape index (κ3) is 4.71. The summed E-state index contributed by atoms with van der Waals surface area (Å²) in [6.07, 6.45) is 7.98. The molecule has 7 atom stereocenters. The van der Waals surface area contributed by atoms with Crippen molar-refractivity contribution in [1.82, 2.24) is 10.2 Å². The van der Waals surface area contributed by atoms with Gasteiger partial charge in [0.05, 0.1) is 24.5 Å². The third-order valence-corrected chi connectivity index (χ3v) is 8.54. The largest absolute Gasteiger partial charge is 0.494 e. The number of anilines is 1. The van der Waals surface area contributed by atoms with Crippen LogP contribution in [-0.2, 0) is 23.9 Å². The average molecular weight is 526 g/mol. The number of fused-ring (bicyclic) bond motifs is 1. The van der Waals surface area contributed by atoms with E-state index in [2.05, 4.69) is 17.6 Å². The van der Waals surface area contributed by atoms with Crippen LogP contribution in [0.1, 0.15) is 46.0 Å². The van der Waals surface area contributed by atoms with Crippen LogP contribution in [-0.4, -0.2) is 73.3 Å². The van der Waals surface area contributed by atoms with E-state index in [0.29, 0.717) is 37.8 Å². The van der Waals surface area contributed by atoms with E-state index < -0.39 is 29.6 Å². The summed E-state index contributed by atoms with van der Waals surface area (Å²) < 4.78 is 17.1. The Morgan fingerprint density at radius 1 is 1.16 bits per heavy atom. The predicted octanol–water partition coefficient (Wildman–Crippen LogP) is 2.91. The number of methoxy groups -OCH3 is 1. The Morgan fingerprint density at radius 3 is 2.63 bits per heavy atom. The zero-order chi connectivity index (χ0) is 26.9. The first-order chi connectivity index (χ1) is 18.4. The molecule has 0 unspecified atom stereocenters. The van der Waals surface area contributed by atoms with Crippen LogP contribution in [0.25, 0.3) is 0 Å². The molecule has 1 aromatic rings. The van der Waals surface area contributed by atoms with Crippen molar-refractivity contribution >= 4 is 23.4 Å². The van der Waals surface area contributed by atoms with E-state index in [9.17, 15) is 14.4 Å². The third-order valence-electron chi connectivity index (χ3n) is 8.54. The fourth-order valence-corrected chi connectivity index (χ4v) is 6.71. The molecule has 1 spiro atoms. The minimum Gasteiger partial charge on any atom is -0.494 e. The normalized spacial score (nSPS) is 33.3. The van der Waals surface area contributed by atoms with Crippen molar-refractivity contribution in [1.29, 1.82) is 0 Å². The standard InChI is InChI=1S/C29H39N3O6/c1-4-37-20-12-10-19(11-13-20)30-26(33)23-22-14-15-29(38-22)24(23)28(35)32(16-7-17-36-3)25(29)27(34)31-21-9-6-5-8-18(21)2/h10-15,18,21-25H,4-9,16-17H2,1-3H3,(H,30,33)(H,31,34)/t18-,21+,22+,23-,24+,25+,29+/m1/s1. The average Bonchev–Trinajstić information content (AvgIpc) is 3.54. The molecule has 206 valence electrons. The molecule has 1 saturated carbocycles. The Bertz CT molecular complexity index is 1070. The van der Waals surface area contributed by atoms with Gasteiger partial charge in [0.1, 0.15) is 17.4 Å². The summed E-state index contributed by atoms with van der Waals surface area (Å²) >= 11 is 0. The van der Waals surface area contributed by atoms with Crippen molar-refractivity contribution in [2.45, 2.75) is 69.7 Å². The number of amides is 3. The van der Waals surface area contributed by atoms with Crippen LogP contribution in [0.2, 0.25) is 0 Å². The van der Waals surface area contributed by atoms with Crippen molar-refractivity contribution in [2.24, 2.45) is 17.8 Å². The maximum Gasteiger partial charge on any atom is 0.246 e. The van der Waals surface area contributed by atoms with Gasteiger partial charge in [0.25, 0.3) is 0 Å². The molecular weight excluding hydrogens is 486 g/mol. The molecule has 0 aromatic heterocycles. The molecule has 2 bridgehead atoms. The van der Waals surface area contributed by atoms with Gasteiger partial charge in [0.2, 0.25) is 17.7 Å². The molecule has 3 aliphatic heterocycles. The Labute approximate surface area is 224 Å². The SMILES string of the molecule is CCOc1ccc(NC(=O)[C@@H]2[C@@H]3C=C[C@]4(O3)[C@@H]2C(=O)N(CCCOC)[C@H]4C(=O)N[C@H]2CCCC[C@H]2C)cc1. The lowest BCUT2D eigenvalue weighted by molar-refractivity contribution is -0.141. The van der Waals surface area contributed by atoms with Gasteiger partial charge in [0.15, 0.2) is 0 Å². The number of carbonyl (C=O) groups is 3. The Hall–Kier alpha value is -2.91. The monoisotopic (exact) mass is 525 g/mol. The Balaban J connectivity index is 1.39. The van der Waals surface area contributed by atoms with Crippen LogP contribution in [0.15, 0.2) is 36.4 Å². The highest BCUT2D eigenvalue weighted by atomic mass is 16.5. The van der Waals surface area contributed by atoms with Crippen molar-refractivity contribution in [3.05, 3.63) is 36.4 Å². The van der Waals surface area contributed by atoms with Crippen LogP contribution < -0.4 is 15.4 Å². The molecule has 2 N–H and O–H groups in total. The van der Waals surface area contributed by atoms with Gasteiger partial charge >= 0.3 is 0 Å². The lowest BCUT2D eigenvalue weighted by atomic mass is 9.74. The van der Waals surface area contributed by atoms with Gasteiger partial charge in [-0.3, -0.25) is 14.4 Å². The summed E-state index contributed by atoms with van der Waals surface area (Å²) in [7, 11) is 1.61. The second-order valence-electron chi connectivity index (χ2n) is 10.9. The minimum atomic E-state index is -1.16. The number of hydrogen-bond acceptors (Lipinski definition) is 6. The lowest BCUT2D eigenvalue weighted by Crippen LogP contribution is -2.57. The second kappa shape index (κ2) is 11.1. The highest BCUT2D eigenvalue weighted by Crippen LogP contribution is 2.55. The summed E-state index contributed by atoms with van der Waals surface area (Å²) in [6.45, 7) is 5.46. The highest BCUT2D eigenvalue weighted by molar-refractivity contribution is 6.02. The molecule has 3 heterocycles. The number of hydrogen-bond donors (Lipinski definition) is 2. The van der Waals surface area contributed by atoms with Crippen molar-refractivity contribution < 1.29 is 28.6 Å². The molecule has 4 aliphatic rings. The highest BCUT2D eigenvalue weighted by Gasteiger charge is 2.72. The number of nitrogens with zero attached hydrogens (tertiary/aromatic N) is 1. The Morgan fingerprint density at radius 2 is 1.92 bits per heavy atom. The molecule has 0 radical (unpaired) electrons. The molecule has 3 amide bonds. The predicted molar refractivity (Wildman–Crippen MR) is 142 cm³/mol. The summed E-state index contributed by atoms with van der Waals surface area (Å²) in [6, 6.07) is 6.39. The minimum absolute atomic E-state index is 0.0731. The van der Waals surface area contributed by atoms with Crippen molar-refractivity contribution in [3.8, 4) is 5.75 Å². The lowest BCUT2D eigenvalue weighted by Gasteiger charge is -2.36. The van der Waals surface area contributed by atoms with E-state index in [1.807, 2.05) is 19.1 Å². The summed E-state index contributed by atoms with van der Waals surface area (Å²) in [5.41, 5.74) is -0.542. The van der Waals surface area contributed by atoms with Gasteiger partial charge in [-0.2, -0.15) is 0 Å². The van der Waals surface area contributed by atoms with Crippen LogP contribution >= 0.6 is 0 Å². The molecule has 5 rings (SSSR count). The van der Waals surface area contributed by atoms with Gasteiger partial charge in [-0.1, -0.05) is 31.9 Å². The number of carbonyl (C=O) groups excluding carboxylic acids is 3. The number of ether oxygens (including phenoxy) is 3. The Kier molecular flexibility index (Phi) is 7.77. The number of likely N-dealkylation sites (tertiary alicyclic amines) is 1. The molecule has 3 fully saturated rings. The molecule has 9 nitrogen and oxygen atoms in total. The fourth-order valence-electron chi connectivity index (χ4n) is 6.71. The first kappa shape index (κ1) is 26.7. The number of benzene rings is 1. The van der Waals surface area contributed by atoms with E-state index in [4.69, 9.17) is 14.2 Å². The van der Waals surface area contributed by atoms with E-state index in [0.717, 1.165) is 25.0 Å². The summed E-state index contributed by atoms with van der Waals surface area (Å²) in [4.78, 5) is 43.0. The van der Waals surface area contributed by atoms with Crippen LogP contribution in [0.3, 0.4) is 0 Å². The molecule has 1 aliphatic carbocycles. The first-order valence-electron chi connectivity index (χ1n) is 13.9. The van der Waals surface area contributed by atoms with Gasteiger partial charge in [-0.25, -0.2) is 0 Å². The van der Waals surface area contributed by atoms with Crippen molar-refractivity contribution in [3.63, 3.8) is 0 Å². The van der Waals surface area contributed by atoms with Crippen molar-refractivity contribution in [2.75, 3.05) is 32.2 Å². The number of rotatable bonds is 10. The molecule has 1 aromatic carbocycles. The van der Waals surface area contributed by atoms with Gasteiger partial charge in [-0.15, -0.1) is 0 Å². The zero-order valence-corrected chi connectivity index (χ0v) is 22.5. The molecule has 38 heavy (non-hydrogen) atoms. The number of nitrogens with one attached hydrogen (secondary N) is 2. The second-order valence-corrected chi connectivity index (χ2v) is 10.9. The van der Waals surface area contributed by atoms with E-state index in [1.165, 1.54) is 6.42 Å². The maximum absolute atomic E-state index is 13.9. The maximum atomic E-state index is 13.9. The van der Waals surface area contributed by atoms with E-state index in [-0.39, 0.29) is 23.8 Å². The zero-order valence-electron chi connectivity index (χ0n) is 22.5. The molecular formula is C29H39N3O6. The fraction of sp³-hybridized carbons (Fsp3) is 0.621. The van der Waals surface area contributed by atoms with Crippen LogP contribution in [0.5, 0.6) is 5.75 Å². The van der Waals surface area contributed by atoms with Gasteiger partial charge in [0, 0.05) is 32.0 Å². The summed E-state index contributed by atoms with van der Waals surface area (Å²) in [5.74, 6) is -1.09. The quantitative estimate of drug-likeness (QED) is 0.360. The van der Waals surface area contributed by atoms with Gasteiger partial charge < -0.3 is 29.7 Å². The summed E-state index contributed by atoms with van der Waals surface area (Å²) in [5, 5.41) is 6.20. The first-order valence-corrected chi connectivity index (χ1v) is 13.9. The van der Waals surface area contributed by atoms with Crippen LogP contribution in [0, 0.1) is 17.8 Å².